The lowest BCUT2D eigenvalue weighted by Gasteiger charge is -2.20. The Hall–Kier alpha value is -3.23. The molecule has 0 saturated carbocycles. The van der Waals surface area contributed by atoms with Crippen LogP contribution in [0.5, 0.6) is 0 Å². The predicted molar refractivity (Wildman–Crippen MR) is 131 cm³/mol. The topological polar surface area (TPSA) is 71.4 Å². The molecule has 180 valence electrons. The molecule has 2 atom stereocenters. The molecule has 0 aliphatic carbocycles. The summed E-state index contributed by atoms with van der Waals surface area (Å²) in [7, 11) is 3.49. The lowest BCUT2D eigenvalue weighted by molar-refractivity contribution is 0.158. The van der Waals surface area contributed by atoms with Gasteiger partial charge < -0.3 is 15.0 Å². The molecular weight excluding hydrogens is 433 g/mol. The van der Waals surface area contributed by atoms with E-state index >= 15 is 0 Å². The van der Waals surface area contributed by atoms with E-state index in [9.17, 15) is 9.18 Å². The van der Waals surface area contributed by atoms with Crippen molar-refractivity contribution in [2.24, 2.45) is 13.0 Å². The lowest BCUT2D eigenvalue weighted by atomic mass is 9.88. The number of hydrogen-bond donors (Lipinski definition) is 2. The number of benzene rings is 2. The summed E-state index contributed by atoms with van der Waals surface area (Å²) >= 11 is 0. The minimum absolute atomic E-state index is 0.132. The zero-order chi connectivity index (χ0) is 24.1. The number of nitrogens with zero attached hydrogens (tertiary/aromatic N) is 3. The van der Waals surface area contributed by atoms with Gasteiger partial charge in [-0.15, -0.1) is 0 Å². The van der Waals surface area contributed by atoms with Gasteiger partial charge in [0.1, 0.15) is 11.6 Å². The van der Waals surface area contributed by atoms with Gasteiger partial charge in [0.15, 0.2) is 0 Å². The van der Waals surface area contributed by atoms with E-state index in [0.29, 0.717) is 19.0 Å². The molecular formula is C26H32FN5O2. The first-order chi connectivity index (χ1) is 16.4. The first kappa shape index (κ1) is 23.9. The third-order valence-electron chi connectivity index (χ3n) is 6.34. The molecule has 1 fully saturated rings. The Morgan fingerprint density at radius 3 is 2.71 bits per heavy atom. The number of anilines is 1. The van der Waals surface area contributed by atoms with E-state index in [0.717, 1.165) is 42.0 Å². The molecule has 4 rings (SSSR count). The smallest absolute Gasteiger partial charge is 0.320 e. The number of amides is 2. The van der Waals surface area contributed by atoms with Gasteiger partial charge in [-0.05, 0) is 36.1 Å². The van der Waals surface area contributed by atoms with Gasteiger partial charge in [-0.25, -0.2) is 9.18 Å². The number of halogens is 1. The maximum atomic E-state index is 14.1. The second-order valence-electron chi connectivity index (χ2n) is 8.92. The van der Waals surface area contributed by atoms with Gasteiger partial charge in [0, 0.05) is 57.9 Å². The fraction of sp³-hybridized carbons (Fsp3) is 0.385. The van der Waals surface area contributed by atoms with Gasteiger partial charge in [-0.2, -0.15) is 5.10 Å². The molecule has 7 nitrogen and oxygen atoms in total. The zero-order valence-electron chi connectivity index (χ0n) is 19.9. The van der Waals surface area contributed by atoms with Crippen LogP contribution in [-0.2, 0) is 11.8 Å². The molecule has 0 spiro atoms. The van der Waals surface area contributed by atoms with Gasteiger partial charge in [0.05, 0.1) is 12.3 Å². The second-order valence-corrected chi connectivity index (χ2v) is 8.92. The standard InChI is InChI=1S/C26H32FN5O2/c1-18-11-20(13-22(27)12-18)23-17-32(9-10-34-3)16-21(23)15-28-26(33)29-25-14-24(30-31(25)2)19-7-5-4-6-8-19/h4-8,11-14,21,23H,9-10,15-17H2,1-3H3,(H2,28,29,33)/t21?,23-/m0/s1. The van der Waals surface area contributed by atoms with E-state index in [1.165, 1.54) is 0 Å². The van der Waals surface area contributed by atoms with Crippen LogP contribution in [0.15, 0.2) is 54.6 Å². The summed E-state index contributed by atoms with van der Waals surface area (Å²) < 4.78 is 21.0. The molecule has 8 heteroatoms. The van der Waals surface area contributed by atoms with Crippen LogP contribution in [0.25, 0.3) is 11.3 Å². The van der Waals surface area contributed by atoms with Crippen LogP contribution in [0.2, 0.25) is 0 Å². The summed E-state index contributed by atoms with van der Waals surface area (Å²) in [6, 6.07) is 16.6. The second kappa shape index (κ2) is 10.8. The summed E-state index contributed by atoms with van der Waals surface area (Å²) in [4.78, 5) is 15.0. The minimum Gasteiger partial charge on any atom is -0.383 e. The molecule has 1 aliphatic heterocycles. The van der Waals surface area contributed by atoms with Crippen LogP contribution in [-0.4, -0.2) is 60.6 Å². The van der Waals surface area contributed by atoms with Crippen LogP contribution in [0.3, 0.4) is 0 Å². The number of aryl methyl sites for hydroxylation is 2. The summed E-state index contributed by atoms with van der Waals surface area (Å²) in [5.41, 5.74) is 3.66. The number of carbonyl (C=O) groups is 1. The van der Waals surface area contributed by atoms with Gasteiger partial charge in [-0.1, -0.05) is 36.4 Å². The highest BCUT2D eigenvalue weighted by Gasteiger charge is 2.34. The van der Waals surface area contributed by atoms with Crippen molar-refractivity contribution in [2.75, 3.05) is 45.2 Å². The maximum absolute atomic E-state index is 14.1. The summed E-state index contributed by atoms with van der Waals surface area (Å²) in [6.45, 7) is 5.46. The number of nitrogens with one attached hydrogen (secondary N) is 2. The summed E-state index contributed by atoms with van der Waals surface area (Å²) in [5, 5.41) is 10.4. The van der Waals surface area contributed by atoms with Crippen molar-refractivity contribution < 1.29 is 13.9 Å². The minimum atomic E-state index is -0.285. The number of methoxy groups -OCH3 is 1. The molecule has 2 aromatic carbocycles. The van der Waals surface area contributed by atoms with E-state index in [4.69, 9.17) is 4.74 Å². The van der Waals surface area contributed by atoms with Crippen LogP contribution in [0.1, 0.15) is 17.0 Å². The van der Waals surface area contributed by atoms with E-state index in [2.05, 4.69) is 20.6 Å². The third-order valence-corrected chi connectivity index (χ3v) is 6.34. The zero-order valence-corrected chi connectivity index (χ0v) is 19.9. The third kappa shape index (κ3) is 5.81. The number of likely N-dealkylation sites (tertiary alicyclic amines) is 1. The van der Waals surface area contributed by atoms with Crippen molar-refractivity contribution in [3.05, 3.63) is 71.5 Å². The largest absolute Gasteiger partial charge is 0.383 e. The van der Waals surface area contributed by atoms with Crippen LogP contribution in [0.4, 0.5) is 15.0 Å². The van der Waals surface area contributed by atoms with E-state index in [1.54, 1.807) is 31.0 Å². The molecule has 2 heterocycles. The summed E-state index contributed by atoms with van der Waals surface area (Å²) in [6.07, 6.45) is 0. The average molecular weight is 466 g/mol. The Labute approximate surface area is 199 Å². The Bertz CT molecular complexity index is 1100. The number of carbonyl (C=O) groups excluding carboxylic acids is 1. The molecule has 0 bridgehead atoms. The van der Waals surface area contributed by atoms with Gasteiger partial charge in [-0.3, -0.25) is 10.00 Å². The Morgan fingerprint density at radius 1 is 1.18 bits per heavy atom. The number of urea groups is 1. The first-order valence-electron chi connectivity index (χ1n) is 11.6. The van der Waals surface area contributed by atoms with Gasteiger partial charge in [0.2, 0.25) is 0 Å². The van der Waals surface area contributed by atoms with Crippen molar-refractivity contribution >= 4 is 11.8 Å². The molecule has 1 aromatic heterocycles. The fourth-order valence-corrected chi connectivity index (χ4v) is 4.65. The van der Waals surface area contributed by atoms with Crippen LogP contribution < -0.4 is 10.6 Å². The van der Waals surface area contributed by atoms with Gasteiger partial charge >= 0.3 is 6.03 Å². The van der Waals surface area contributed by atoms with Crippen molar-refractivity contribution in [1.29, 1.82) is 0 Å². The first-order valence-corrected chi connectivity index (χ1v) is 11.6. The molecule has 0 radical (unpaired) electrons. The number of aromatic nitrogens is 2. The molecule has 1 unspecified atom stereocenters. The molecule has 2 N–H and O–H groups in total. The Kier molecular flexibility index (Phi) is 7.59. The fourth-order valence-electron chi connectivity index (χ4n) is 4.65. The van der Waals surface area contributed by atoms with Crippen molar-refractivity contribution in [2.45, 2.75) is 12.8 Å². The number of hydrogen-bond acceptors (Lipinski definition) is 4. The normalized spacial score (nSPS) is 18.2. The van der Waals surface area contributed by atoms with Crippen LogP contribution in [0, 0.1) is 18.7 Å². The molecule has 34 heavy (non-hydrogen) atoms. The van der Waals surface area contributed by atoms with Crippen molar-refractivity contribution in [3.8, 4) is 11.3 Å². The molecule has 1 aliphatic rings. The highest BCUT2D eigenvalue weighted by Crippen LogP contribution is 2.33. The Balaban J connectivity index is 1.41. The Morgan fingerprint density at radius 2 is 1.97 bits per heavy atom. The molecule has 2 amide bonds. The van der Waals surface area contributed by atoms with Crippen molar-refractivity contribution in [1.82, 2.24) is 20.0 Å². The van der Waals surface area contributed by atoms with Crippen molar-refractivity contribution in [3.63, 3.8) is 0 Å². The van der Waals surface area contributed by atoms with E-state index < -0.39 is 0 Å². The monoisotopic (exact) mass is 465 g/mol. The molecule has 3 aromatic rings. The quantitative estimate of drug-likeness (QED) is 0.527. The highest BCUT2D eigenvalue weighted by molar-refractivity contribution is 5.89. The van der Waals surface area contributed by atoms with Gasteiger partial charge in [0.25, 0.3) is 0 Å². The highest BCUT2D eigenvalue weighted by atomic mass is 19.1. The number of ether oxygens (including phenoxy) is 1. The lowest BCUT2D eigenvalue weighted by Crippen LogP contribution is -2.36. The molecule has 1 saturated heterocycles. The maximum Gasteiger partial charge on any atom is 0.320 e. The SMILES string of the molecule is COCCN1CC(CNC(=O)Nc2cc(-c3ccccc3)nn2C)[C@H](c2cc(C)cc(F)c2)C1. The van der Waals surface area contributed by atoms with E-state index in [1.807, 2.05) is 49.4 Å². The summed E-state index contributed by atoms with van der Waals surface area (Å²) in [5.74, 6) is 0.685. The number of rotatable bonds is 8. The predicted octanol–water partition coefficient (Wildman–Crippen LogP) is 4.02. The average Bonchev–Trinajstić information content (AvgIpc) is 3.39. The van der Waals surface area contributed by atoms with Crippen LogP contribution >= 0.6 is 0 Å². The van der Waals surface area contributed by atoms with E-state index in [-0.39, 0.29) is 23.7 Å².